The number of oxazole rings is 1. The Bertz CT molecular complexity index is 844. The maximum Gasteiger partial charge on any atom is 0.227 e. The van der Waals surface area contributed by atoms with Crippen molar-refractivity contribution in [3.8, 4) is 23.0 Å². The zero-order valence-corrected chi connectivity index (χ0v) is 15.1. The van der Waals surface area contributed by atoms with Gasteiger partial charge in [0.1, 0.15) is 18.5 Å². The molecule has 2 aromatic heterocycles. The van der Waals surface area contributed by atoms with E-state index >= 15 is 0 Å². The molecule has 0 radical (unpaired) electrons. The quantitative estimate of drug-likeness (QED) is 0.692. The Morgan fingerprint density at radius 3 is 2.88 bits per heavy atom. The Morgan fingerprint density at radius 1 is 1.24 bits per heavy atom. The summed E-state index contributed by atoms with van der Waals surface area (Å²) < 4.78 is 17.6. The molecule has 0 bridgehead atoms. The maximum absolute atomic E-state index is 6.03. The molecule has 0 fully saturated rings. The zero-order valence-electron chi connectivity index (χ0n) is 14.3. The number of para-hydroxylation sites is 2. The standard InChI is InChI=1S/C19H20N2O3S/c1-13-16(20-19(23-13)14-7-8-25-12-14)10-21(2)9-15-11-22-17-5-3-4-6-18(17)24-15/h3-8,12,15H,9-11H2,1-2H3/t15-/m1/s1. The van der Waals surface area contributed by atoms with Crippen LogP contribution in [-0.4, -0.2) is 36.2 Å². The van der Waals surface area contributed by atoms with Gasteiger partial charge in [0, 0.05) is 24.0 Å². The Morgan fingerprint density at radius 2 is 2.08 bits per heavy atom. The number of nitrogens with zero attached hydrogens (tertiary/aromatic N) is 2. The third-order valence-electron chi connectivity index (χ3n) is 4.16. The third-order valence-corrected chi connectivity index (χ3v) is 4.85. The maximum atomic E-state index is 6.03. The van der Waals surface area contributed by atoms with Crippen LogP contribution in [0.5, 0.6) is 11.5 Å². The predicted octanol–water partition coefficient (Wildman–Crippen LogP) is 3.98. The van der Waals surface area contributed by atoms with Crippen molar-refractivity contribution in [2.45, 2.75) is 19.6 Å². The fourth-order valence-corrected chi connectivity index (χ4v) is 3.53. The van der Waals surface area contributed by atoms with Gasteiger partial charge in [-0.2, -0.15) is 11.3 Å². The van der Waals surface area contributed by atoms with Gasteiger partial charge < -0.3 is 13.9 Å². The smallest absolute Gasteiger partial charge is 0.227 e. The summed E-state index contributed by atoms with van der Waals surface area (Å²) in [7, 11) is 2.06. The molecule has 1 aliphatic heterocycles. The van der Waals surface area contributed by atoms with Crippen LogP contribution in [-0.2, 0) is 6.54 Å². The Labute approximate surface area is 150 Å². The second-order valence-electron chi connectivity index (χ2n) is 6.23. The molecule has 1 aromatic carbocycles. The summed E-state index contributed by atoms with van der Waals surface area (Å²) in [6.07, 6.45) is 0.00320. The summed E-state index contributed by atoms with van der Waals surface area (Å²) in [5.41, 5.74) is 1.99. The molecule has 0 amide bonds. The van der Waals surface area contributed by atoms with Gasteiger partial charge >= 0.3 is 0 Å². The third kappa shape index (κ3) is 3.55. The van der Waals surface area contributed by atoms with Crippen molar-refractivity contribution in [1.29, 1.82) is 0 Å². The first kappa shape index (κ1) is 16.2. The summed E-state index contributed by atoms with van der Waals surface area (Å²) in [5, 5.41) is 4.07. The van der Waals surface area contributed by atoms with Gasteiger partial charge in [-0.3, -0.25) is 4.90 Å². The SMILES string of the molecule is Cc1oc(-c2ccsc2)nc1CN(C)C[C@@H]1COc2ccccc2O1. The molecular formula is C19H20N2O3S. The van der Waals surface area contributed by atoms with Crippen LogP contribution in [0.3, 0.4) is 0 Å². The lowest BCUT2D eigenvalue weighted by Gasteiger charge is -2.29. The molecule has 25 heavy (non-hydrogen) atoms. The first-order valence-electron chi connectivity index (χ1n) is 8.25. The van der Waals surface area contributed by atoms with Gasteiger partial charge in [-0.25, -0.2) is 4.98 Å². The average molecular weight is 356 g/mol. The van der Waals surface area contributed by atoms with E-state index in [1.807, 2.05) is 48.0 Å². The monoisotopic (exact) mass is 356 g/mol. The van der Waals surface area contributed by atoms with Crippen LogP contribution in [0.2, 0.25) is 0 Å². The average Bonchev–Trinajstić information content (AvgIpc) is 3.25. The van der Waals surface area contributed by atoms with Gasteiger partial charge in [-0.1, -0.05) is 12.1 Å². The van der Waals surface area contributed by atoms with Gasteiger partial charge in [0.05, 0.1) is 5.69 Å². The van der Waals surface area contributed by atoms with E-state index in [-0.39, 0.29) is 6.10 Å². The molecule has 0 spiro atoms. The van der Waals surface area contributed by atoms with Crippen LogP contribution in [0.4, 0.5) is 0 Å². The summed E-state index contributed by atoms with van der Waals surface area (Å²) in [5.74, 6) is 3.17. The molecule has 4 rings (SSSR count). The molecule has 130 valence electrons. The fourth-order valence-electron chi connectivity index (χ4n) is 2.91. The molecule has 0 saturated heterocycles. The molecular weight excluding hydrogens is 336 g/mol. The van der Waals surface area contributed by atoms with Gasteiger partial charge in [-0.15, -0.1) is 0 Å². The van der Waals surface area contributed by atoms with Gasteiger partial charge in [0.15, 0.2) is 11.5 Å². The minimum atomic E-state index is 0.00320. The first-order chi connectivity index (χ1) is 12.2. The molecule has 0 unspecified atom stereocenters. The van der Waals surface area contributed by atoms with Crippen molar-refractivity contribution < 1.29 is 13.9 Å². The Hall–Kier alpha value is -2.31. The van der Waals surface area contributed by atoms with Crippen molar-refractivity contribution in [2.24, 2.45) is 0 Å². The van der Waals surface area contributed by atoms with E-state index in [1.54, 1.807) is 11.3 Å². The summed E-state index contributed by atoms with van der Waals surface area (Å²) >= 11 is 1.64. The van der Waals surface area contributed by atoms with Crippen molar-refractivity contribution in [1.82, 2.24) is 9.88 Å². The van der Waals surface area contributed by atoms with Crippen molar-refractivity contribution >= 4 is 11.3 Å². The number of thiophene rings is 1. The number of benzene rings is 1. The lowest BCUT2D eigenvalue weighted by Crippen LogP contribution is -2.39. The van der Waals surface area contributed by atoms with Crippen LogP contribution >= 0.6 is 11.3 Å². The fraction of sp³-hybridized carbons (Fsp3) is 0.316. The molecule has 0 saturated carbocycles. The predicted molar refractivity (Wildman–Crippen MR) is 97.2 cm³/mol. The van der Waals surface area contributed by atoms with Crippen molar-refractivity contribution in [2.75, 3.05) is 20.2 Å². The van der Waals surface area contributed by atoms with Gasteiger partial charge in [0.2, 0.25) is 5.89 Å². The molecule has 3 aromatic rings. The number of rotatable bonds is 5. The summed E-state index contributed by atoms with van der Waals surface area (Å²) in [4.78, 5) is 6.83. The summed E-state index contributed by atoms with van der Waals surface area (Å²) in [6.45, 7) is 3.98. The van der Waals surface area contributed by atoms with Gasteiger partial charge in [0.25, 0.3) is 0 Å². The van der Waals surface area contributed by atoms with Crippen molar-refractivity contribution in [3.05, 3.63) is 52.5 Å². The number of aryl methyl sites for hydroxylation is 1. The van der Waals surface area contributed by atoms with E-state index in [0.717, 1.165) is 35.1 Å². The van der Waals surface area contributed by atoms with E-state index in [1.165, 1.54) is 0 Å². The van der Waals surface area contributed by atoms with Gasteiger partial charge in [-0.05, 0) is 37.6 Å². The van der Waals surface area contributed by atoms with Crippen LogP contribution in [0.25, 0.3) is 11.5 Å². The molecule has 5 nitrogen and oxygen atoms in total. The van der Waals surface area contributed by atoms with E-state index in [4.69, 9.17) is 13.9 Å². The number of aromatic nitrogens is 1. The largest absolute Gasteiger partial charge is 0.486 e. The van der Waals surface area contributed by atoms with Crippen molar-refractivity contribution in [3.63, 3.8) is 0 Å². The lowest BCUT2D eigenvalue weighted by atomic mass is 10.2. The van der Waals surface area contributed by atoms with Crippen LogP contribution < -0.4 is 9.47 Å². The normalized spacial score (nSPS) is 16.4. The minimum absolute atomic E-state index is 0.00320. The molecule has 0 N–H and O–H groups in total. The number of hydrogen-bond acceptors (Lipinski definition) is 6. The molecule has 1 aliphatic rings. The van der Waals surface area contributed by atoms with E-state index < -0.39 is 0 Å². The lowest BCUT2D eigenvalue weighted by molar-refractivity contribution is 0.0634. The highest BCUT2D eigenvalue weighted by Gasteiger charge is 2.23. The molecule has 6 heteroatoms. The minimum Gasteiger partial charge on any atom is -0.486 e. The summed E-state index contributed by atoms with van der Waals surface area (Å²) in [6, 6.07) is 9.80. The Balaban J connectivity index is 1.39. The van der Waals surface area contributed by atoms with Crippen LogP contribution in [0.15, 0.2) is 45.5 Å². The molecule has 0 aliphatic carbocycles. The highest BCUT2D eigenvalue weighted by molar-refractivity contribution is 7.08. The van der Waals surface area contributed by atoms with E-state index in [0.29, 0.717) is 19.0 Å². The van der Waals surface area contributed by atoms with E-state index in [9.17, 15) is 0 Å². The van der Waals surface area contributed by atoms with Crippen LogP contribution in [0, 0.1) is 6.92 Å². The molecule has 3 heterocycles. The molecule has 1 atom stereocenters. The first-order valence-corrected chi connectivity index (χ1v) is 9.19. The number of fused-ring (bicyclic) bond motifs is 1. The Kier molecular flexibility index (Phi) is 4.46. The highest BCUT2D eigenvalue weighted by atomic mass is 32.1. The highest BCUT2D eigenvalue weighted by Crippen LogP contribution is 2.31. The van der Waals surface area contributed by atoms with E-state index in [2.05, 4.69) is 16.9 Å². The van der Waals surface area contributed by atoms with Crippen LogP contribution in [0.1, 0.15) is 11.5 Å². The number of ether oxygens (including phenoxy) is 2. The second-order valence-corrected chi connectivity index (χ2v) is 7.01. The number of likely N-dealkylation sites (N-methyl/N-ethyl adjacent to an activating group) is 1. The zero-order chi connectivity index (χ0) is 17.2. The number of hydrogen-bond donors (Lipinski definition) is 0. The second kappa shape index (κ2) is 6.90. The topological polar surface area (TPSA) is 47.7 Å².